The van der Waals surface area contributed by atoms with Crippen LogP contribution in [0.4, 0.5) is 26.4 Å². The minimum absolute atomic E-state index is 0.221. The van der Waals surface area contributed by atoms with Crippen LogP contribution in [0, 0.1) is 5.82 Å². The van der Waals surface area contributed by atoms with Crippen LogP contribution in [-0.4, -0.2) is 63.4 Å². The van der Waals surface area contributed by atoms with Gasteiger partial charge in [0.25, 0.3) is 5.62 Å². The summed E-state index contributed by atoms with van der Waals surface area (Å²) in [7, 11) is 0. The molecule has 2 N–H and O–H groups in total. The van der Waals surface area contributed by atoms with Gasteiger partial charge in [0, 0.05) is 73.2 Å². The number of hydrogen-bond acceptors (Lipinski definition) is 6. The fourth-order valence-corrected chi connectivity index (χ4v) is 5.41. The molecule has 0 aliphatic carbocycles. The fraction of sp³-hybridized carbons (Fsp3) is 0.231. The molecule has 4 aliphatic heterocycles. The van der Waals surface area contributed by atoms with Gasteiger partial charge in [0.15, 0.2) is 0 Å². The Kier molecular flexibility index (Phi) is 6.29. The quantitative estimate of drug-likeness (QED) is 0.372. The highest BCUT2D eigenvalue weighted by molar-refractivity contribution is 6.36. The molecule has 4 aliphatic rings. The van der Waals surface area contributed by atoms with Gasteiger partial charge in [-0.25, -0.2) is 19.2 Å². The van der Waals surface area contributed by atoms with Crippen LogP contribution in [0.15, 0.2) is 53.7 Å². The Balaban J connectivity index is 1.33. The van der Waals surface area contributed by atoms with Gasteiger partial charge in [0.1, 0.15) is 17.5 Å². The molecule has 1 fully saturated rings. The first kappa shape index (κ1) is 24.4. The number of anilines is 2. The Morgan fingerprint density at radius 2 is 1.84 bits per heavy atom. The van der Waals surface area contributed by atoms with Gasteiger partial charge in [0.05, 0.1) is 16.4 Å². The van der Waals surface area contributed by atoms with Crippen LogP contribution < -0.4 is 15.8 Å². The Hall–Kier alpha value is -3.89. The number of carboxylic acid groups (broad SMARTS) is 1. The molecule has 9 nitrogen and oxygen atoms in total. The van der Waals surface area contributed by atoms with Crippen molar-refractivity contribution in [3.63, 3.8) is 0 Å². The highest BCUT2D eigenvalue weighted by atomic mass is 35.5. The third kappa shape index (κ3) is 4.50. The molecule has 0 unspecified atom stereocenters. The molecular weight excluding hydrogens is 532 g/mol. The molecule has 0 aromatic heterocycles. The van der Waals surface area contributed by atoms with Gasteiger partial charge in [-0.2, -0.15) is 4.98 Å². The number of hydrogen-bond donors (Lipinski definition) is 2. The molecule has 0 spiro atoms. The molecular formula is C26H22Cl2FN7O2. The topological polar surface area (TPSA) is 98.9 Å². The monoisotopic (exact) mass is 553 g/mol. The van der Waals surface area contributed by atoms with Crippen LogP contribution in [0.25, 0.3) is 22.5 Å². The molecule has 0 radical (unpaired) electrons. The number of nitrogens with one attached hydrogen (secondary N) is 1. The van der Waals surface area contributed by atoms with Gasteiger partial charge in [-0.1, -0.05) is 29.3 Å². The van der Waals surface area contributed by atoms with E-state index in [0.29, 0.717) is 60.0 Å². The van der Waals surface area contributed by atoms with Crippen LogP contribution in [0.2, 0.25) is 10.0 Å². The lowest BCUT2D eigenvalue weighted by Gasteiger charge is -2.34. The number of amides is 1. The first-order valence-corrected chi connectivity index (χ1v) is 12.8. The van der Waals surface area contributed by atoms with E-state index in [4.69, 9.17) is 28.3 Å². The molecule has 2 aromatic rings. The predicted molar refractivity (Wildman–Crippen MR) is 144 cm³/mol. The van der Waals surface area contributed by atoms with Gasteiger partial charge in [-0.05, 0) is 30.3 Å². The second-order valence-corrected chi connectivity index (χ2v) is 9.91. The largest absolute Gasteiger partial charge is 0.465 e. The second-order valence-electron chi connectivity index (χ2n) is 9.06. The number of halogens is 3. The van der Waals surface area contributed by atoms with E-state index in [1.54, 1.807) is 30.5 Å². The number of pyridine rings is 1. The summed E-state index contributed by atoms with van der Waals surface area (Å²) >= 11 is 12.6. The van der Waals surface area contributed by atoms with E-state index in [-0.39, 0.29) is 5.62 Å². The molecule has 0 bridgehead atoms. The Bertz CT molecular complexity index is 1600. The van der Waals surface area contributed by atoms with Crippen molar-refractivity contribution in [3.05, 3.63) is 70.1 Å². The standard InChI is InChI=1S/C26H22Cl2FN7O2/c27-16-1-3-18(20(28)12-16)19-11-15-14-31-25(33-23(15)36-6-5-30-24(19)36)32-17-2-4-22(21(29)13-17)34-7-9-35(10-8-34)26(37)38/h1-4,11-14,30H,5-10H2,(H,37,38). The number of aromatic nitrogens is 3. The number of rotatable bonds is 3. The maximum atomic E-state index is 15.0. The summed E-state index contributed by atoms with van der Waals surface area (Å²) in [5.74, 6) is 1.17. The lowest BCUT2D eigenvalue weighted by Crippen LogP contribution is -2.48. The second kappa shape index (κ2) is 9.77. The van der Waals surface area contributed by atoms with Crippen molar-refractivity contribution in [2.75, 3.05) is 42.9 Å². The molecule has 2 aromatic carbocycles. The highest BCUT2D eigenvalue weighted by Gasteiger charge is 2.24. The fourth-order valence-electron chi connectivity index (χ4n) is 4.90. The van der Waals surface area contributed by atoms with Gasteiger partial charge >= 0.3 is 6.09 Å². The molecule has 38 heavy (non-hydrogen) atoms. The van der Waals surface area contributed by atoms with Gasteiger partial charge in [-0.3, -0.25) is 0 Å². The van der Waals surface area contributed by atoms with Crippen molar-refractivity contribution in [1.82, 2.24) is 19.4 Å². The third-order valence-corrected chi connectivity index (χ3v) is 7.31. The molecule has 1 amide bonds. The summed E-state index contributed by atoms with van der Waals surface area (Å²) in [6, 6.07) is 12.1. The van der Waals surface area contributed by atoms with E-state index in [1.807, 2.05) is 17.0 Å². The number of fused-ring (bicyclic) bond motifs is 3. The maximum Gasteiger partial charge on any atom is 0.407 e. The zero-order valence-corrected chi connectivity index (χ0v) is 21.5. The van der Waals surface area contributed by atoms with Crippen molar-refractivity contribution in [2.45, 2.75) is 6.54 Å². The van der Waals surface area contributed by atoms with E-state index in [0.717, 1.165) is 29.1 Å². The molecule has 4 heterocycles. The van der Waals surface area contributed by atoms with Gasteiger partial charge in [0.2, 0.25) is 0 Å². The van der Waals surface area contributed by atoms with Crippen molar-refractivity contribution < 1.29 is 14.3 Å². The van der Waals surface area contributed by atoms with Gasteiger partial charge < -0.3 is 24.8 Å². The van der Waals surface area contributed by atoms with E-state index < -0.39 is 11.9 Å². The summed E-state index contributed by atoms with van der Waals surface area (Å²) in [5, 5.41) is 13.7. The summed E-state index contributed by atoms with van der Waals surface area (Å²) in [6.45, 7) is 2.95. The van der Waals surface area contributed by atoms with E-state index in [2.05, 4.69) is 24.8 Å². The number of carbonyl (C=O) groups is 1. The van der Waals surface area contributed by atoms with Crippen LogP contribution in [0.3, 0.4) is 0 Å². The lowest BCUT2D eigenvalue weighted by atomic mass is 10.0. The van der Waals surface area contributed by atoms with Crippen molar-refractivity contribution >= 4 is 46.5 Å². The minimum Gasteiger partial charge on any atom is -0.465 e. The number of piperazine rings is 1. The Morgan fingerprint density at radius 1 is 1.03 bits per heavy atom. The SMILES string of the molecule is O=C(O)N1CCN(c2ccc(N=c3ncc4cc(-c5ccc(Cl)cc5Cl)c5n(c-4n3)CCN5)cc2F)CC1. The zero-order chi connectivity index (χ0) is 26.4. The van der Waals surface area contributed by atoms with Crippen molar-refractivity contribution in [2.24, 2.45) is 4.99 Å². The van der Waals surface area contributed by atoms with Crippen LogP contribution >= 0.6 is 23.2 Å². The van der Waals surface area contributed by atoms with Crippen LogP contribution in [0.1, 0.15) is 0 Å². The predicted octanol–water partition coefficient (Wildman–Crippen LogP) is 4.95. The minimum atomic E-state index is -0.959. The van der Waals surface area contributed by atoms with Crippen LogP contribution in [0.5, 0.6) is 0 Å². The van der Waals surface area contributed by atoms with Crippen LogP contribution in [-0.2, 0) is 6.54 Å². The zero-order valence-electron chi connectivity index (χ0n) is 20.0. The van der Waals surface area contributed by atoms with Gasteiger partial charge in [-0.15, -0.1) is 0 Å². The molecule has 194 valence electrons. The summed E-state index contributed by atoms with van der Waals surface area (Å²) in [4.78, 5) is 27.8. The Labute approximate surface area is 227 Å². The van der Waals surface area contributed by atoms with Crippen molar-refractivity contribution in [3.8, 4) is 22.5 Å². The highest BCUT2D eigenvalue weighted by Crippen LogP contribution is 2.40. The molecule has 0 atom stereocenters. The van der Waals surface area contributed by atoms with E-state index in [9.17, 15) is 9.18 Å². The molecule has 6 rings (SSSR count). The van der Waals surface area contributed by atoms with E-state index >= 15 is 0 Å². The average Bonchev–Trinajstić information content (AvgIpc) is 3.39. The first-order valence-electron chi connectivity index (χ1n) is 12.0. The van der Waals surface area contributed by atoms with E-state index in [1.165, 1.54) is 11.0 Å². The first-order chi connectivity index (χ1) is 18.4. The third-order valence-electron chi connectivity index (χ3n) is 6.76. The molecule has 12 heteroatoms. The smallest absolute Gasteiger partial charge is 0.407 e. The van der Waals surface area contributed by atoms with Crippen molar-refractivity contribution in [1.29, 1.82) is 0 Å². The molecule has 0 saturated carbocycles. The lowest BCUT2D eigenvalue weighted by molar-refractivity contribution is 0.142. The normalized spacial score (nSPS) is 15.6. The number of nitrogens with zero attached hydrogens (tertiary/aromatic N) is 6. The average molecular weight is 554 g/mol. The summed E-state index contributed by atoms with van der Waals surface area (Å²) in [5.41, 5.74) is 3.62. The summed E-state index contributed by atoms with van der Waals surface area (Å²) in [6.07, 6.45) is 0.742. The number of benzene rings is 2. The Morgan fingerprint density at radius 3 is 2.58 bits per heavy atom. The maximum absolute atomic E-state index is 15.0. The summed E-state index contributed by atoms with van der Waals surface area (Å²) < 4.78 is 17.1. The molecule has 1 saturated heterocycles.